The number of carbonyl (C=O) groups is 2. The zero-order chi connectivity index (χ0) is 19.9. The molecule has 0 saturated carbocycles. The van der Waals surface area contributed by atoms with Crippen LogP contribution in [0.3, 0.4) is 0 Å². The maximum Gasteiger partial charge on any atom is 0.238 e. The molecule has 1 fully saturated rings. The van der Waals surface area contributed by atoms with Gasteiger partial charge in [0.25, 0.3) is 0 Å². The van der Waals surface area contributed by atoms with Crippen molar-refractivity contribution < 1.29 is 9.59 Å². The van der Waals surface area contributed by atoms with Crippen molar-refractivity contribution in [3.63, 3.8) is 0 Å². The van der Waals surface area contributed by atoms with E-state index in [1.54, 1.807) is 0 Å². The first-order chi connectivity index (χ1) is 14.1. The molecule has 4 aliphatic rings. The highest BCUT2D eigenvalue weighted by Crippen LogP contribution is 2.61. The van der Waals surface area contributed by atoms with E-state index in [0.29, 0.717) is 0 Å². The van der Waals surface area contributed by atoms with Crippen LogP contribution in [-0.4, -0.2) is 11.8 Å². The summed E-state index contributed by atoms with van der Waals surface area (Å²) in [6.45, 7) is 4.00. The van der Waals surface area contributed by atoms with Crippen LogP contribution in [0.15, 0.2) is 66.7 Å². The van der Waals surface area contributed by atoms with Crippen LogP contribution in [0, 0.1) is 25.7 Å². The number of benzene rings is 3. The fourth-order valence-corrected chi connectivity index (χ4v) is 5.97. The Kier molecular flexibility index (Phi) is 3.27. The standard InChI is InChI=1S/C26H21NO2/c1-14-11-12-20(15(2)13-14)27-25(28)23-21-16-7-3-4-8-17(16)22(24(23)26(27)29)19-10-6-5-9-18(19)21/h3-13,21-24H,1-2H3. The van der Waals surface area contributed by atoms with Crippen LogP contribution in [0.5, 0.6) is 0 Å². The predicted octanol–water partition coefficient (Wildman–Crippen LogP) is 4.70. The summed E-state index contributed by atoms with van der Waals surface area (Å²) in [7, 11) is 0. The van der Waals surface area contributed by atoms with Crippen molar-refractivity contribution in [2.75, 3.05) is 4.90 Å². The van der Waals surface area contributed by atoms with Crippen molar-refractivity contribution in [2.24, 2.45) is 11.8 Å². The van der Waals surface area contributed by atoms with Gasteiger partial charge in [0, 0.05) is 11.8 Å². The van der Waals surface area contributed by atoms with Gasteiger partial charge < -0.3 is 0 Å². The molecule has 0 N–H and O–H groups in total. The number of carbonyl (C=O) groups excluding carboxylic acids is 2. The van der Waals surface area contributed by atoms with Gasteiger partial charge in [-0.2, -0.15) is 0 Å². The molecule has 3 aliphatic carbocycles. The van der Waals surface area contributed by atoms with Gasteiger partial charge in [0.05, 0.1) is 17.5 Å². The van der Waals surface area contributed by atoms with E-state index in [1.165, 1.54) is 27.2 Å². The quantitative estimate of drug-likeness (QED) is 0.575. The first kappa shape index (κ1) is 16.7. The SMILES string of the molecule is Cc1ccc(N2C(=O)C3C4c5ccccc5C(c5ccccc54)C3C2=O)c(C)c1. The molecule has 0 aromatic heterocycles. The lowest BCUT2D eigenvalue weighted by Crippen LogP contribution is -2.41. The summed E-state index contributed by atoms with van der Waals surface area (Å²) >= 11 is 0. The molecule has 1 heterocycles. The molecule has 2 atom stereocenters. The molecule has 2 bridgehead atoms. The van der Waals surface area contributed by atoms with E-state index in [2.05, 4.69) is 24.3 Å². The van der Waals surface area contributed by atoms with Gasteiger partial charge in [0.15, 0.2) is 0 Å². The van der Waals surface area contributed by atoms with Gasteiger partial charge in [0.2, 0.25) is 11.8 Å². The maximum atomic E-state index is 13.7. The number of hydrogen-bond donors (Lipinski definition) is 0. The average Bonchev–Trinajstić information content (AvgIpc) is 2.99. The molecule has 142 valence electrons. The number of rotatable bonds is 1. The van der Waals surface area contributed by atoms with Crippen molar-refractivity contribution in [2.45, 2.75) is 25.7 Å². The molecule has 29 heavy (non-hydrogen) atoms. The molecule has 1 saturated heterocycles. The summed E-state index contributed by atoms with van der Waals surface area (Å²) in [6, 6.07) is 22.6. The van der Waals surface area contributed by atoms with Crippen molar-refractivity contribution in [3.8, 4) is 0 Å². The highest BCUT2D eigenvalue weighted by molar-refractivity contribution is 6.23. The van der Waals surface area contributed by atoms with Gasteiger partial charge in [-0.25, -0.2) is 4.90 Å². The van der Waals surface area contributed by atoms with Crippen molar-refractivity contribution >= 4 is 17.5 Å². The summed E-state index contributed by atoms with van der Waals surface area (Å²) in [5.74, 6) is -0.845. The zero-order valence-corrected chi connectivity index (χ0v) is 16.4. The van der Waals surface area contributed by atoms with Gasteiger partial charge in [-0.3, -0.25) is 9.59 Å². The Labute approximate surface area is 170 Å². The molecule has 3 aromatic carbocycles. The predicted molar refractivity (Wildman–Crippen MR) is 112 cm³/mol. The zero-order valence-electron chi connectivity index (χ0n) is 16.4. The summed E-state index contributed by atoms with van der Waals surface area (Å²) < 4.78 is 0. The third-order valence-corrected chi connectivity index (χ3v) is 7.04. The Balaban J connectivity index is 1.57. The summed E-state index contributed by atoms with van der Waals surface area (Å²) in [6.07, 6.45) is 0. The van der Waals surface area contributed by atoms with Crippen LogP contribution in [0.1, 0.15) is 45.2 Å². The minimum atomic E-state index is -0.321. The maximum absolute atomic E-state index is 13.7. The Bertz CT molecular complexity index is 1100. The normalized spacial score (nSPS) is 26.3. The molecule has 3 nitrogen and oxygen atoms in total. The Morgan fingerprint density at radius 2 is 1.10 bits per heavy atom. The van der Waals surface area contributed by atoms with Crippen molar-refractivity contribution in [3.05, 3.63) is 100 Å². The lowest BCUT2D eigenvalue weighted by molar-refractivity contribution is -0.122. The molecule has 1 aliphatic heterocycles. The second-order valence-corrected chi connectivity index (χ2v) is 8.57. The molecule has 3 aromatic rings. The Morgan fingerprint density at radius 3 is 1.52 bits per heavy atom. The van der Waals surface area contributed by atoms with Crippen molar-refractivity contribution in [1.82, 2.24) is 0 Å². The molecule has 2 unspecified atom stereocenters. The minimum Gasteiger partial charge on any atom is -0.274 e. The highest BCUT2D eigenvalue weighted by atomic mass is 16.2. The summed E-state index contributed by atoms with van der Waals surface area (Å²) in [5, 5.41) is 0. The van der Waals surface area contributed by atoms with Crippen LogP contribution < -0.4 is 4.90 Å². The number of hydrogen-bond acceptors (Lipinski definition) is 2. The third kappa shape index (κ3) is 2.02. The van der Waals surface area contributed by atoms with Crippen LogP contribution in [0.2, 0.25) is 0 Å². The van der Waals surface area contributed by atoms with E-state index < -0.39 is 0 Å². The van der Waals surface area contributed by atoms with E-state index in [4.69, 9.17) is 0 Å². The lowest BCUT2D eigenvalue weighted by atomic mass is 9.55. The fraction of sp³-hybridized carbons (Fsp3) is 0.231. The van der Waals surface area contributed by atoms with Gasteiger partial charge in [-0.15, -0.1) is 0 Å². The van der Waals surface area contributed by atoms with Gasteiger partial charge in [-0.05, 0) is 47.7 Å². The molecular formula is C26H21NO2. The largest absolute Gasteiger partial charge is 0.274 e. The highest BCUT2D eigenvalue weighted by Gasteiger charge is 2.61. The van der Waals surface area contributed by atoms with Gasteiger partial charge >= 0.3 is 0 Å². The summed E-state index contributed by atoms with van der Waals surface area (Å²) in [5.41, 5.74) is 7.66. The molecule has 3 heteroatoms. The van der Waals surface area contributed by atoms with Crippen LogP contribution >= 0.6 is 0 Å². The number of imide groups is 1. The first-order valence-corrected chi connectivity index (χ1v) is 10.2. The van der Waals surface area contributed by atoms with Gasteiger partial charge in [0.1, 0.15) is 0 Å². The first-order valence-electron chi connectivity index (χ1n) is 10.2. The Hall–Kier alpha value is -3.20. The van der Waals surface area contributed by atoms with E-state index in [0.717, 1.165) is 16.8 Å². The van der Waals surface area contributed by atoms with E-state index in [1.807, 2.05) is 56.3 Å². The van der Waals surface area contributed by atoms with Crippen molar-refractivity contribution in [1.29, 1.82) is 0 Å². The fourth-order valence-electron chi connectivity index (χ4n) is 5.97. The second kappa shape index (κ2) is 5.66. The number of aryl methyl sites for hydroxylation is 2. The average molecular weight is 379 g/mol. The lowest BCUT2D eigenvalue weighted by Gasteiger charge is -2.45. The van der Waals surface area contributed by atoms with E-state index >= 15 is 0 Å². The molecule has 0 spiro atoms. The van der Waals surface area contributed by atoms with Crippen LogP contribution in [0.25, 0.3) is 0 Å². The number of amides is 2. The summed E-state index contributed by atoms with van der Waals surface area (Å²) in [4.78, 5) is 28.9. The molecular weight excluding hydrogens is 358 g/mol. The van der Waals surface area contributed by atoms with Crippen LogP contribution in [-0.2, 0) is 9.59 Å². The van der Waals surface area contributed by atoms with E-state index in [-0.39, 0.29) is 35.5 Å². The monoisotopic (exact) mass is 379 g/mol. The minimum absolute atomic E-state index is 0.0500. The second-order valence-electron chi connectivity index (χ2n) is 8.57. The van der Waals surface area contributed by atoms with E-state index in [9.17, 15) is 9.59 Å². The van der Waals surface area contributed by atoms with Gasteiger partial charge in [-0.1, -0.05) is 66.2 Å². The number of anilines is 1. The molecule has 2 amide bonds. The molecule has 0 radical (unpaired) electrons. The third-order valence-electron chi connectivity index (χ3n) is 7.04. The smallest absolute Gasteiger partial charge is 0.238 e. The van der Waals surface area contributed by atoms with Crippen LogP contribution in [0.4, 0.5) is 5.69 Å². The number of nitrogens with zero attached hydrogens (tertiary/aromatic N) is 1. The molecule has 7 rings (SSSR count). The topological polar surface area (TPSA) is 37.4 Å². The Morgan fingerprint density at radius 1 is 0.655 bits per heavy atom.